The summed E-state index contributed by atoms with van der Waals surface area (Å²) in [5.41, 5.74) is 0. The highest BCUT2D eigenvalue weighted by Gasteiger charge is 2.33. The molecule has 1 fully saturated rings. The quantitative estimate of drug-likeness (QED) is 0.307. The number of carbonyl (C=O) groups excluding carboxylic acids is 2. The summed E-state index contributed by atoms with van der Waals surface area (Å²) in [6, 6.07) is 0. The third kappa shape index (κ3) is 2.53. The van der Waals surface area contributed by atoms with Crippen molar-refractivity contribution in [2.75, 3.05) is 7.11 Å². The van der Waals surface area contributed by atoms with E-state index < -0.39 is 11.9 Å². The van der Waals surface area contributed by atoms with Crippen LogP contribution < -0.4 is 0 Å². The number of rotatable bonds is 1. The van der Waals surface area contributed by atoms with Gasteiger partial charge in [0.15, 0.2) is 5.78 Å². The van der Waals surface area contributed by atoms with Crippen molar-refractivity contribution in [1.82, 2.24) is 0 Å². The lowest BCUT2D eigenvalue weighted by molar-refractivity contribution is -0.149. The van der Waals surface area contributed by atoms with Crippen LogP contribution in [0.15, 0.2) is 0 Å². The molecule has 0 aromatic rings. The fourth-order valence-electron chi connectivity index (χ4n) is 1.55. The summed E-state index contributed by atoms with van der Waals surface area (Å²) < 4.78 is 4.58. The molecule has 0 heterocycles. The topological polar surface area (TPSA) is 43.4 Å². The normalized spacial score (nSPS) is 29.5. The van der Waals surface area contributed by atoms with Crippen LogP contribution in [0.25, 0.3) is 0 Å². The minimum Gasteiger partial charge on any atom is -0.468 e. The minimum atomic E-state index is -0.545. The van der Waals surface area contributed by atoms with Crippen LogP contribution >= 0.6 is 15.9 Å². The van der Waals surface area contributed by atoms with Gasteiger partial charge < -0.3 is 4.74 Å². The Morgan fingerprint density at radius 1 is 1.46 bits per heavy atom. The Hall–Kier alpha value is -0.380. The lowest BCUT2D eigenvalue weighted by Gasteiger charge is -2.11. The second-order valence-corrected chi connectivity index (χ2v) is 4.34. The summed E-state index contributed by atoms with van der Waals surface area (Å²) in [7, 11) is 1.32. The molecule has 0 saturated heterocycles. The Bertz CT molecular complexity index is 215. The molecule has 0 bridgehead atoms. The summed E-state index contributed by atoms with van der Waals surface area (Å²) in [6.07, 6.45) is 3.38. The standard InChI is InChI=1S/C9H13BrO3/c1-13-9(12)6-4-2-3-5-7(10)8(6)11/h6-7H,2-5H2,1H3. The number of esters is 1. The second-order valence-electron chi connectivity index (χ2n) is 3.23. The third-order valence-corrected chi connectivity index (χ3v) is 3.25. The van der Waals surface area contributed by atoms with Crippen molar-refractivity contribution in [2.45, 2.75) is 30.5 Å². The second kappa shape index (κ2) is 4.74. The predicted octanol–water partition coefficient (Wildman–Crippen LogP) is 1.68. The first kappa shape index (κ1) is 10.7. The van der Waals surface area contributed by atoms with Gasteiger partial charge in [0.25, 0.3) is 0 Å². The lowest BCUT2D eigenvalue weighted by atomic mass is 9.99. The zero-order chi connectivity index (χ0) is 9.84. The van der Waals surface area contributed by atoms with Crippen LogP contribution in [0, 0.1) is 5.92 Å². The molecule has 2 atom stereocenters. The monoisotopic (exact) mass is 248 g/mol. The Kier molecular flexibility index (Phi) is 3.90. The molecule has 4 heteroatoms. The molecule has 0 aromatic heterocycles. The van der Waals surface area contributed by atoms with E-state index in [0.29, 0.717) is 6.42 Å². The molecule has 3 nitrogen and oxygen atoms in total. The van der Waals surface area contributed by atoms with E-state index in [9.17, 15) is 9.59 Å². The summed E-state index contributed by atoms with van der Waals surface area (Å²) in [5.74, 6) is -0.961. The summed E-state index contributed by atoms with van der Waals surface area (Å²) in [5, 5.41) is 0. The largest absolute Gasteiger partial charge is 0.468 e. The zero-order valence-corrected chi connectivity index (χ0v) is 9.17. The first-order valence-corrected chi connectivity index (χ1v) is 5.34. The van der Waals surface area contributed by atoms with Crippen LogP contribution in [0.2, 0.25) is 0 Å². The van der Waals surface area contributed by atoms with E-state index in [1.807, 2.05) is 0 Å². The molecular weight excluding hydrogens is 236 g/mol. The maximum Gasteiger partial charge on any atom is 0.316 e. The van der Waals surface area contributed by atoms with Gasteiger partial charge in [-0.05, 0) is 12.8 Å². The van der Waals surface area contributed by atoms with E-state index in [4.69, 9.17) is 0 Å². The molecule has 0 aliphatic heterocycles. The van der Waals surface area contributed by atoms with E-state index in [1.165, 1.54) is 7.11 Å². The van der Waals surface area contributed by atoms with E-state index in [-0.39, 0.29) is 10.6 Å². The summed E-state index contributed by atoms with van der Waals surface area (Å²) in [6.45, 7) is 0. The van der Waals surface area contributed by atoms with E-state index in [2.05, 4.69) is 20.7 Å². The average Bonchev–Trinajstić information content (AvgIpc) is 2.29. The number of ether oxygens (including phenoxy) is 1. The van der Waals surface area contributed by atoms with Gasteiger partial charge in [-0.3, -0.25) is 9.59 Å². The number of halogens is 1. The van der Waals surface area contributed by atoms with Gasteiger partial charge in [-0.2, -0.15) is 0 Å². The molecule has 1 saturated carbocycles. The molecule has 13 heavy (non-hydrogen) atoms. The van der Waals surface area contributed by atoms with Crippen molar-refractivity contribution in [1.29, 1.82) is 0 Å². The lowest BCUT2D eigenvalue weighted by Crippen LogP contribution is -2.29. The molecule has 0 aromatic carbocycles. The van der Waals surface area contributed by atoms with E-state index >= 15 is 0 Å². The molecule has 1 rings (SSSR count). The molecule has 1 aliphatic rings. The minimum absolute atomic E-state index is 0.0237. The summed E-state index contributed by atoms with van der Waals surface area (Å²) in [4.78, 5) is 22.6. The number of Topliss-reactive ketones (excluding diaryl/α,β-unsaturated/α-hetero) is 1. The van der Waals surface area contributed by atoms with Gasteiger partial charge in [0.2, 0.25) is 0 Å². The van der Waals surface area contributed by atoms with Crippen molar-refractivity contribution < 1.29 is 14.3 Å². The van der Waals surface area contributed by atoms with Crippen molar-refractivity contribution in [3.05, 3.63) is 0 Å². The Morgan fingerprint density at radius 3 is 2.69 bits per heavy atom. The highest BCUT2D eigenvalue weighted by atomic mass is 79.9. The smallest absolute Gasteiger partial charge is 0.316 e. The van der Waals surface area contributed by atoms with Gasteiger partial charge in [0.1, 0.15) is 5.92 Å². The van der Waals surface area contributed by atoms with Gasteiger partial charge in [0.05, 0.1) is 11.9 Å². The summed E-state index contributed by atoms with van der Waals surface area (Å²) >= 11 is 3.28. The predicted molar refractivity (Wildman–Crippen MR) is 51.7 cm³/mol. The first-order chi connectivity index (χ1) is 6.16. The number of hydrogen-bond donors (Lipinski definition) is 0. The maximum atomic E-state index is 11.6. The number of alkyl halides is 1. The SMILES string of the molecule is COC(=O)C1CCCCC(Br)C1=O. The number of hydrogen-bond acceptors (Lipinski definition) is 3. The van der Waals surface area contributed by atoms with Crippen LogP contribution in [0.1, 0.15) is 25.7 Å². The van der Waals surface area contributed by atoms with Crippen LogP contribution in [-0.2, 0) is 14.3 Å². The van der Waals surface area contributed by atoms with Crippen molar-refractivity contribution in [2.24, 2.45) is 5.92 Å². The van der Waals surface area contributed by atoms with Gasteiger partial charge in [0, 0.05) is 0 Å². The molecule has 0 amide bonds. The number of ketones is 1. The Morgan fingerprint density at radius 2 is 2.08 bits per heavy atom. The molecule has 0 radical (unpaired) electrons. The van der Waals surface area contributed by atoms with Crippen molar-refractivity contribution in [3.8, 4) is 0 Å². The average molecular weight is 249 g/mol. The third-order valence-electron chi connectivity index (χ3n) is 2.34. The van der Waals surface area contributed by atoms with Gasteiger partial charge >= 0.3 is 5.97 Å². The Labute approximate surface area is 86.0 Å². The number of methoxy groups -OCH3 is 1. The molecule has 74 valence electrons. The van der Waals surface area contributed by atoms with Crippen molar-refractivity contribution in [3.63, 3.8) is 0 Å². The highest BCUT2D eigenvalue weighted by Crippen LogP contribution is 2.25. The molecule has 2 unspecified atom stereocenters. The fourth-order valence-corrected chi connectivity index (χ4v) is 2.19. The van der Waals surface area contributed by atoms with Gasteiger partial charge in [-0.25, -0.2) is 0 Å². The highest BCUT2D eigenvalue weighted by molar-refractivity contribution is 9.10. The molecule has 0 N–H and O–H groups in total. The van der Waals surface area contributed by atoms with Crippen LogP contribution in [0.5, 0.6) is 0 Å². The van der Waals surface area contributed by atoms with Crippen LogP contribution in [-0.4, -0.2) is 23.7 Å². The van der Waals surface area contributed by atoms with Crippen molar-refractivity contribution >= 4 is 27.7 Å². The van der Waals surface area contributed by atoms with Gasteiger partial charge in [-0.1, -0.05) is 28.8 Å². The molecular formula is C9H13BrO3. The van der Waals surface area contributed by atoms with E-state index in [1.54, 1.807) is 0 Å². The van der Waals surface area contributed by atoms with E-state index in [0.717, 1.165) is 19.3 Å². The van der Waals surface area contributed by atoms with Crippen LogP contribution in [0.3, 0.4) is 0 Å². The molecule has 0 spiro atoms. The first-order valence-electron chi connectivity index (χ1n) is 4.42. The molecule has 1 aliphatic carbocycles. The number of carbonyl (C=O) groups is 2. The maximum absolute atomic E-state index is 11.6. The Balaban J connectivity index is 2.70. The van der Waals surface area contributed by atoms with Gasteiger partial charge in [-0.15, -0.1) is 0 Å². The fraction of sp³-hybridized carbons (Fsp3) is 0.778. The zero-order valence-electron chi connectivity index (χ0n) is 7.59. The van der Waals surface area contributed by atoms with Crippen LogP contribution in [0.4, 0.5) is 0 Å².